The molecule has 0 heterocycles. The molecule has 0 saturated heterocycles. The molecule has 0 spiro atoms. The third-order valence-corrected chi connectivity index (χ3v) is 2.25. The van der Waals surface area contributed by atoms with Gasteiger partial charge in [0.2, 0.25) is 0 Å². The van der Waals surface area contributed by atoms with Gasteiger partial charge in [-0.3, -0.25) is 4.99 Å². The van der Waals surface area contributed by atoms with Crippen LogP contribution in [0, 0.1) is 5.92 Å². The standard InChI is InChI=1S/C10H19N/c1-6-8(3)9(4)10(5)11-7-2/h7-8H,6H2,1-5H3/b10-9+,11-7?. The molecule has 0 saturated carbocycles. The summed E-state index contributed by atoms with van der Waals surface area (Å²) in [5.74, 6) is 0.665. The minimum absolute atomic E-state index is 0.665. The van der Waals surface area contributed by atoms with E-state index in [1.54, 1.807) is 0 Å². The molecule has 0 bridgehead atoms. The smallest absolute Gasteiger partial charge is 0.0360 e. The van der Waals surface area contributed by atoms with Crippen LogP contribution in [0.25, 0.3) is 0 Å². The second-order valence-electron chi connectivity index (χ2n) is 2.97. The SMILES string of the molecule is CC=N/C(C)=C(\C)C(C)CC. The molecule has 1 heteroatoms. The molecular weight excluding hydrogens is 134 g/mol. The fourth-order valence-electron chi connectivity index (χ4n) is 0.958. The van der Waals surface area contributed by atoms with Crippen LogP contribution in [0.1, 0.15) is 41.0 Å². The molecular formula is C10H19N. The van der Waals surface area contributed by atoms with Crippen molar-refractivity contribution < 1.29 is 0 Å². The van der Waals surface area contributed by atoms with E-state index < -0.39 is 0 Å². The number of allylic oxidation sites excluding steroid dienone is 2. The van der Waals surface area contributed by atoms with E-state index in [1.807, 2.05) is 13.1 Å². The van der Waals surface area contributed by atoms with Gasteiger partial charge in [0, 0.05) is 11.9 Å². The van der Waals surface area contributed by atoms with Crippen molar-refractivity contribution in [2.45, 2.75) is 41.0 Å². The monoisotopic (exact) mass is 153 g/mol. The maximum Gasteiger partial charge on any atom is 0.0360 e. The Labute approximate surface area is 70.2 Å². The molecule has 11 heavy (non-hydrogen) atoms. The molecule has 64 valence electrons. The fourth-order valence-corrected chi connectivity index (χ4v) is 0.958. The maximum absolute atomic E-state index is 4.25. The maximum atomic E-state index is 4.25. The van der Waals surface area contributed by atoms with Gasteiger partial charge >= 0.3 is 0 Å². The minimum atomic E-state index is 0.665. The van der Waals surface area contributed by atoms with Gasteiger partial charge in [0.25, 0.3) is 0 Å². The van der Waals surface area contributed by atoms with Crippen molar-refractivity contribution in [2.24, 2.45) is 10.9 Å². The summed E-state index contributed by atoms with van der Waals surface area (Å²) in [4.78, 5) is 4.25. The van der Waals surface area contributed by atoms with Crippen molar-refractivity contribution in [1.82, 2.24) is 0 Å². The second kappa shape index (κ2) is 5.11. The molecule has 0 aromatic heterocycles. The van der Waals surface area contributed by atoms with Crippen molar-refractivity contribution in [1.29, 1.82) is 0 Å². The normalized spacial score (nSPS) is 16.8. The van der Waals surface area contributed by atoms with E-state index in [2.05, 4.69) is 32.7 Å². The highest BCUT2D eigenvalue weighted by Gasteiger charge is 2.02. The Hall–Kier alpha value is -0.590. The highest BCUT2D eigenvalue weighted by molar-refractivity contribution is 5.55. The van der Waals surface area contributed by atoms with Crippen molar-refractivity contribution in [2.75, 3.05) is 0 Å². The lowest BCUT2D eigenvalue weighted by Gasteiger charge is -2.10. The average molecular weight is 153 g/mol. The molecule has 0 amide bonds. The number of rotatable bonds is 3. The lowest BCUT2D eigenvalue weighted by atomic mass is 9.99. The molecule has 0 aliphatic heterocycles. The first-order valence-electron chi connectivity index (χ1n) is 4.29. The van der Waals surface area contributed by atoms with Gasteiger partial charge in [0.05, 0.1) is 0 Å². The zero-order valence-corrected chi connectivity index (χ0v) is 8.31. The zero-order valence-electron chi connectivity index (χ0n) is 8.31. The molecule has 0 aliphatic carbocycles. The van der Waals surface area contributed by atoms with Crippen LogP contribution in [-0.4, -0.2) is 6.21 Å². The quantitative estimate of drug-likeness (QED) is 0.551. The molecule has 0 N–H and O–H groups in total. The number of nitrogens with zero attached hydrogens (tertiary/aromatic N) is 1. The summed E-state index contributed by atoms with van der Waals surface area (Å²) >= 11 is 0. The predicted molar refractivity (Wildman–Crippen MR) is 52.0 cm³/mol. The predicted octanol–water partition coefficient (Wildman–Crippen LogP) is 3.42. The molecule has 0 aromatic rings. The van der Waals surface area contributed by atoms with Gasteiger partial charge in [-0.2, -0.15) is 0 Å². The Morgan fingerprint density at radius 2 is 2.00 bits per heavy atom. The molecule has 1 unspecified atom stereocenters. The van der Waals surface area contributed by atoms with Crippen LogP contribution in [0.4, 0.5) is 0 Å². The van der Waals surface area contributed by atoms with Crippen LogP contribution in [0.3, 0.4) is 0 Å². The lowest BCUT2D eigenvalue weighted by Crippen LogP contribution is -1.95. The van der Waals surface area contributed by atoms with Gasteiger partial charge < -0.3 is 0 Å². The van der Waals surface area contributed by atoms with E-state index in [4.69, 9.17) is 0 Å². The van der Waals surface area contributed by atoms with Gasteiger partial charge in [-0.1, -0.05) is 13.8 Å². The van der Waals surface area contributed by atoms with Gasteiger partial charge in [0.15, 0.2) is 0 Å². The molecule has 0 radical (unpaired) electrons. The Morgan fingerprint density at radius 1 is 1.45 bits per heavy atom. The second-order valence-corrected chi connectivity index (χ2v) is 2.97. The van der Waals surface area contributed by atoms with Crippen molar-refractivity contribution in [3.8, 4) is 0 Å². The van der Waals surface area contributed by atoms with Crippen LogP contribution in [0.15, 0.2) is 16.3 Å². The molecule has 0 aromatic carbocycles. The van der Waals surface area contributed by atoms with Crippen molar-refractivity contribution >= 4 is 6.21 Å². The van der Waals surface area contributed by atoms with Crippen LogP contribution in [0.2, 0.25) is 0 Å². The van der Waals surface area contributed by atoms with E-state index in [9.17, 15) is 0 Å². The van der Waals surface area contributed by atoms with Crippen molar-refractivity contribution in [3.63, 3.8) is 0 Å². The van der Waals surface area contributed by atoms with E-state index in [1.165, 1.54) is 17.7 Å². The van der Waals surface area contributed by atoms with Crippen LogP contribution in [0.5, 0.6) is 0 Å². The Kier molecular flexibility index (Phi) is 4.84. The highest BCUT2D eigenvalue weighted by Crippen LogP contribution is 2.17. The van der Waals surface area contributed by atoms with Gasteiger partial charge in [0.1, 0.15) is 0 Å². The fraction of sp³-hybridized carbons (Fsp3) is 0.700. The van der Waals surface area contributed by atoms with Gasteiger partial charge in [-0.15, -0.1) is 0 Å². The van der Waals surface area contributed by atoms with Crippen LogP contribution < -0.4 is 0 Å². The summed E-state index contributed by atoms with van der Waals surface area (Å²) in [6, 6.07) is 0. The largest absolute Gasteiger partial charge is 0.266 e. The molecule has 0 fully saturated rings. The lowest BCUT2D eigenvalue weighted by molar-refractivity contribution is 0.647. The van der Waals surface area contributed by atoms with E-state index in [-0.39, 0.29) is 0 Å². The van der Waals surface area contributed by atoms with Gasteiger partial charge in [-0.05, 0) is 38.7 Å². The molecule has 1 atom stereocenters. The van der Waals surface area contributed by atoms with E-state index in [0.29, 0.717) is 5.92 Å². The summed E-state index contributed by atoms with van der Waals surface area (Å²) in [6.45, 7) is 10.6. The first kappa shape index (κ1) is 10.4. The number of hydrogen-bond acceptors (Lipinski definition) is 1. The molecule has 1 nitrogen and oxygen atoms in total. The summed E-state index contributed by atoms with van der Waals surface area (Å²) in [5.41, 5.74) is 2.58. The first-order chi connectivity index (χ1) is 5.13. The average Bonchev–Trinajstić information content (AvgIpc) is 2.02. The summed E-state index contributed by atoms with van der Waals surface area (Å²) in [6.07, 6.45) is 3.05. The van der Waals surface area contributed by atoms with Crippen LogP contribution in [-0.2, 0) is 0 Å². The van der Waals surface area contributed by atoms with Gasteiger partial charge in [-0.25, -0.2) is 0 Å². The first-order valence-corrected chi connectivity index (χ1v) is 4.29. The zero-order chi connectivity index (χ0) is 8.85. The third kappa shape index (κ3) is 3.35. The van der Waals surface area contributed by atoms with Crippen molar-refractivity contribution in [3.05, 3.63) is 11.3 Å². The third-order valence-electron chi connectivity index (χ3n) is 2.25. The summed E-state index contributed by atoms with van der Waals surface area (Å²) in [5, 5.41) is 0. The highest BCUT2D eigenvalue weighted by atomic mass is 14.7. The Bertz CT molecular complexity index is 166. The minimum Gasteiger partial charge on any atom is -0.266 e. The number of aliphatic imine (C=N–C) groups is 1. The molecule has 0 rings (SSSR count). The Morgan fingerprint density at radius 3 is 2.36 bits per heavy atom. The van der Waals surface area contributed by atoms with E-state index >= 15 is 0 Å². The topological polar surface area (TPSA) is 12.4 Å². The summed E-state index contributed by atoms with van der Waals surface area (Å²) in [7, 11) is 0. The molecule has 0 aliphatic rings. The Balaban J connectivity index is 4.38. The van der Waals surface area contributed by atoms with E-state index in [0.717, 1.165) is 0 Å². The van der Waals surface area contributed by atoms with Crippen LogP contribution >= 0.6 is 0 Å². The summed E-state index contributed by atoms with van der Waals surface area (Å²) < 4.78 is 0. The number of hydrogen-bond donors (Lipinski definition) is 0.